The summed E-state index contributed by atoms with van der Waals surface area (Å²) in [6, 6.07) is 14.2. The number of ether oxygens (including phenoxy) is 1. The van der Waals surface area contributed by atoms with Crippen LogP contribution in [-0.4, -0.2) is 30.4 Å². The number of carbonyl (C=O) groups is 2. The molecule has 2 aromatic rings. The molecule has 0 bridgehead atoms. The molecule has 0 unspecified atom stereocenters. The largest absolute Gasteiger partial charge is 0.497 e. The first-order valence-electron chi connectivity index (χ1n) is 7.32. The van der Waals surface area contributed by atoms with E-state index in [4.69, 9.17) is 16.3 Å². The molecule has 1 fully saturated rings. The van der Waals surface area contributed by atoms with Gasteiger partial charge in [-0.05, 0) is 42.0 Å². The highest BCUT2D eigenvalue weighted by Gasteiger charge is 2.35. The van der Waals surface area contributed by atoms with Gasteiger partial charge in [0.1, 0.15) is 5.75 Å². The van der Waals surface area contributed by atoms with E-state index in [9.17, 15) is 9.59 Å². The maximum absolute atomic E-state index is 12.5. The van der Waals surface area contributed by atoms with Gasteiger partial charge in [0.2, 0.25) is 5.91 Å². The van der Waals surface area contributed by atoms with E-state index in [0.29, 0.717) is 29.3 Å². The van der Waals surface area contributed by atoms with E-state index in [1.54, 1.807) is 43.5 Å². The third-order valence-corrected chi connectivity index (χ3v) is 4.30. The number of benzene rings is 2. The van der Waals surface area contributed by atoms with E-state index in [0.717, 1.165) is 5.56 Å². The number of likely N-dealkylation sites (tertiary alicyclic amines) is 1. The number of halogens is 1. The van der Waals surface area contributed by atoms with Crippen LogP contribution < -0.4 is 4.74 Å². The molecule has 0 aliphatic carbocycles. The number of nitrogens with zero attached hydrogens (tertiary/aromatic N) is 1. The zero-order chi connectivity index (χ0) is 16.4. The van der Waals surface area contributed by atoms with Crippen LogP contribution in [0.1, 0.15) is 28.3 Å². The number of hydrogen-bond donors (Lipinski definition) is 0. The van der Waals surface area contributed by atoms with Crippen molar-refractivity contribution in [2.75, 3.05) is 13.7 Å². The third kappa shape index (κ3) is 3.22. The molecule has 0 N–H and O–H groups in total. The van der Waals surface area contributed by atoms with Gasteiger partial charge in [-0.25, -0.2) is 0 Å². The summed E-state index contributed by atoms with van der Waals surface area (Å²) >= 11 is 5.89. The first-order valence-corrected chi connectivity index (χ1v) is 7.70. The van der Waals surface area contributed by atoms with Crippen LogP contribution in [0.25, 0.3) is 0 Å². The van der Waals surface area contributed by atoms with Gasteiger partial charge in [0, 0.05) is 29.5 Å². The van der Waals surface area contributed by atoms with Gasteiger partial charge in [0.05, 0.1) is 7.11 Å². The molecule has 0 radical (unpaired) electrons. The SMILES string of the molecule is COc1ccc(C(=O)N2C[C@@H](c3ccc(Cl)cc3)CC2=O)cc1. The fourth-order valence-corrected chi connectivity index (χ4v) is 2.88. The minimum atomic E-state index is -0.269. The molecule has 0 saturated carbocycles. The predicted molar refractivity (Wildman–Crippen MR) is 87.8 cm³/mol. The Morgan fingerprint density at radius 2 is 1.78 bits per heavy atom. The molecular formula is C18H16ClNO3. The van der Waals surface area contributed by atoms with Crippen molar-refractivity contribution >= 4 is 23.4 Å². The third-order valence-electron chi connectivity index (χ3n) is 4.05. The molecule has 5 heteroatoms. The van der Waals surface area contributed by atoms with Crippen molar-refractivity contribution in [3.63, 3.8) is 0 Å². The zero-order valence-electron chi connectivity index (χ0n) is 12.7. The fourth-order valence-electron chi connectivity index (χ4n) is 2.75. The van der Waals surface area contributed by atoms with Crippen LogP contribution in [0.3, 0.4) is 0 Å². The standard InChI is InChI=1S/C18H16ClNO3/c1-23-16-8-4-13(5-9-16)18(22)20-11-14(10-17(20)21)12-2-6-15(19)7-3-12/h2-9,14H,10-11H2,1H3/t14-/m0/s1. The second-order valence-corrected chi connectivity index (χ2v) is 5.93. The summed E-state index contributed by atoms with van der Waals surface area (Å²) in [4.78, 5) is 26.1. The molecular weight excluding hydrogens is 314 g/mol. The van der Waals surface area contributed by atoms with E-state index in [2.05, 4.69) is 0 Å². The lowest BCUT2D eigenvalue weighted by Crippen LogP contribution is -2.32. The number of hydrogen-bond acceptors (Lipinski definition) is 3. The second-order valence-electron chi connectivity index (χ2n) is 5.49. The smallest absolute Gasteiger partial charge is 0.260 e. The van der Waals surface area contributed by atoms with Gasteiger partial charge < -0.3 is 4.74 Å². The summed E-state index contributed by atoms with van der Waals surface area (Å²) in [6.07, 6.45) is 0.337. The Labute approximate surface area is 139 Å². The summed E-state index contributed by atoms with van der Waals surface area (Å²) in [5, 5.41) is 0.657. The van der Waals surface area contributed by atoms with Crippen molar-refractivity contribution in [1.29, 1.82) is 0 Å². The second kappa shape index (κ2) is 6.42. The van der Waals surface area contributed by atoms with Gasteiger partial charge in [-0.2, -0.15) is 0 Å². The lowest BCUT2D eigenvalue weighted by atomic mass is 9.98. The first-order chi connectivity index (χ1) is 11.1. The van der Waals surface area contributed by atoms with Gasteiger partial charge in [-0.1, -0.05) is 23.7 Å². The Bertz CT molecular complexity index is 725. The molecule has 4 nitrogen and oxygen atoms in total. The quantitative estimate of drug-likeness (QED) is 0.810. The molecule has 2 aromatic carbocycles. The molecule has 1 saturated heterocycles. The summed E-state index contributed by atoms with van der Waals surface area (Å²) in [6.45, 7) is 0.394. The van der Waals surface area contributed by atoms with Crippen molar-refractivity contribution in [2.45, 2.75) is 12.3 Å². The first kappa shape index (κ1) is 15.6. The highest BCUT2D eigenvalue weighted by atomic mass is 35.5. The average Bonchev–Trinajstić information content (AvgIpc) is 2.96. The van der Waals surface area contributed by atoms with Crippen molar-refractivity contribution in [1.82, 2.24) is 4.90 Å². The number of methoxy groups -OCH3 is 1. The van der Waals surface area contributed by atoms with E-state index in [1.165, 1.54) is 4.90 Å². The van der Waals surface area contributed by atoms with Crippen molar-refractivity contribution in [2.24, 2.45) is 0 Å². The molecule has 1 aliphatic rings. The van der Waals surface area contributed by atoms with Crippen LogP contribution in [-0.2, 0) is 4.79 Å². The number of amides is 2. The highest BCUT2D eigenvalue weighted by molar-refractivity contribution is 6.30. The van der Waals surface area contributed by atoms with E-state index >= 15 is 0 Å². The summed E-state index contributed by atoms with van der Waals surface area (Å²) in [5.74, 6) is 0.273. The maximum atomic E-state index is 12.5. The molecule has 118 valence electrons. The monoisotopic (exact) mass is 329 g/mol. The summed E-state index contributed by atoms with van der Waals surface area (Å²) in [7, 11) is 1.57. The van der Waals surface area contributed by atoms with Crippen LogP contribution in [0, 0.1) is 0 Å². The van der Waals surface area contributed by atoms with Crippen LogP contribution in [0.15, 0.2) is 48.5 Å². The lowest BCUT2D eigenvalue weighted by Gasteiger charge is -2.15. The molecule has 1 heterocycles. The van der Waals surface area contributed by atoms with E-state index in [1.807, 2.05) is 12.1 Å². The number of rotatable bonds is 3. The van der Waals surface area contributed by atoms with Crippen molar-refractivity contribution in [3.8, 4) is 5.75 Å². The van der Waals surface area contributed by atoms with Crippen LogP contribution in [0.5, 0.6) is 5.75 Å². The zero-order valence-corrected chi connectivity index (χ0v) is 13.4. The minimum Gasteiger partial charge on any atom is -0.497 e. The summed E-state index contributed by atoms with van der Waals surface area (Å²) < 4.78 is 5.08. The van der Waals surface area contributed by atoms with Crippen LogP contribution >= 0.6 is 11.6 Å². The van der Waals surface area contributed by atoms with Gasteiger partial charge in [-0.15, -0.1) is 0 Å². The van der Waals surface area contributed by atoms with Crippen LogP contribution in [0.4, 0.5) is 0 Å². The van der Waals surface area contributed by atoms with Gasteiger partial charge >= 0.3 is 0 Å². The molecule has 1 aliphatic heterocycles. The van der Waals surface area contributed by atoms with Gasteiger partial charge in [-0.3, -0.25) is 14.5 Å². The van der Waals surface area contributed by atoms with Crippen molar-refractivity contribution < 1.29 is 14.3 Å². The summed E-state index contributed by atoms with van der Waals surface area (Å²) in [5.41, 5.74) is 1.50. The molecule has 3 rings (SSSR count). The Hall–Kier alpha value is -2.33. The molecule has 23 heavy (non-hydrogen) atoms. The van der Waals surface area contributed by atoms with Gasteiger partial charge in [0.15, 0.2) is 0 Å². The maximum Gasteiger partial charge on any atom is 0.260 e. The van der Waals surface area contributed by atoms with Crippen molar-refractivity contribution in [3.05, 3.63) is 64.7 Å². The van der Waals surface area contributed by atoms with E-state index in [-0.39, 0.29) is 17.7 Å². The van der Waals surface area contributed by atoms with Gasteiger partial charge in [0.25, 0.3) is 5.91 Å². The molecule has 0 spiro atoms. The molecule has 2 amide bonds. The molecule has 1 atom stereocenters. The molecule has 0 aromatic heterocycles. The van der Waals surface area contributed by atoms with Crippen LogP contribution in [0.2, 0.25) is 5.02 Å². The highest BCUT2D eigenvalue weighted by Crippen LogP contribution is 2.30. The van der Waals surface area contributed by atoms with E-state index < -0.39 is 0 Å². The Morgan fingerprint density at radius 1 is 1.13 bits per heavy atom. The average molecular weight is 330 g/mol. The Morgan fingerprint density at radius 3 is 2.39 bits per heavy atom. The predicted octanol–water partition coefficient (Wildman–Crippen LogP) is 3.50. The number of imide groups is 1. The minimum absolute atomic E-state index is 0.0157. The fraction of sp³-hybridized carbons (Fsp3) is 0.222. The number of carbonyl (C=O) groups excluding carboxylic acids is 2. The topological polar surface area (TPSA) is 46.6 Å². The Kier molecular flexibility index (Phi) is 4.35. The normalized spacial score (nSPS) is 17.4. The lowest BCUT2D eigenvalue weighted by molar-refractivity contribution is -0.125. The Balaban J connectivity index is 1.76.